The Bertz CT molecular complexity index is 735. The molecule has 4 fully saturated rings. The minimum Gasteiger partial charge on any atom is -0.335 e. The van der Waals surface area contributed by atoms with Crippen LogP contribution in [0.4, 0.5) is 4.79 Å². The average Bonchev–Trinajstić information content (AvgIpc) is 2.72. The topological polar surface area (TPSA) is 41.1 Å². The van der Waals surface area contributed by atoms with Crippen LogP contribution in [0.15, 0.2) is 24.3 Å². The lowest BCUT2D eigenvalue weighted by molar-refractivity contribution is 0.0173. The molecular weight excluding hydrogens is 416 g/mol. The first-order valence-electron chi connectivity index (χ1n) is 14.4. The summed E-state index contributed by atoms with van der Waals surface area (Å²) in [7, 11) is 0. The van der Waals surface area contributed by atoms with Crippen LogP contribution >= 0.6 is 0 Å². The summed E-state index contributed by atoms with van der Waals surface area (Å²) in [4.78, 5) is 13.8. The molecule has 8 atom stereocenters. The molecule has 0 unspecified atom stereocenters. The number of rotatable bonds is 4. The number of hydrogen-bond acceptors (Lipinski definition) is 1. The maximum Gasteiger partial charge on any atom is 0.315 e. The van der Waals surface area contributed by atoms with Gasteiger partial charge in [0.25, 0.3) is 0 Å². The number of amides is 2. The molecule has 0 saturated heterocycles. The largest absolute Gasteiger partial charge is 0.335 e. The maximum absolute atomic E-state index is 13.8. The van der Waals surface area contributed by atoms with Crippen LogP contribution in [0.3, 0.4) is 0 Å². The molecule has 0 aliphatic heterocycles. The molecule has 0 aromatic carbocycles. The van der Waals surface area contributed by atoms with E-state index < -0.39 is 0 Å². The van der Waals surface area contributed by atoms with E-state index in [0.717, 1.165) is 12.8 Å². The lowest BCUT2D eigenvalue weighted by Gasteiger charge is -2.55. The normalized spacial score (nSPS) is 42.8. The molecule has 192 valence electrons. The highest BCUT2D eigenvalue weighted by Crippen LogP contribution is 2.56. The monoisotopic (exact) mass is 468 g/mol. The third-order valence-electron chi connectivity index (χ3n) is 10.9. The van der Waals surface area contributed by atoms with Gasteiger partial charge in [-0.3, -0.25) is 0 Å². The van der Waals surface area contributed by atoms with E-state index in [0.29, 0.717) is 35.5 Å². The molecule has 4 aliphatic carbocycles. The standard InChI is InChI=1S/C31H52N2O/c1-19(2)23-13-17-30(7)15-9-11-21(5)25(30)27(23)32-29(34)33-28-24(20(3)4)14-18-31(8)16-10-12-22(6)26(28)31/h19-20,23-28H,5-6,9-18H2,1-4,7-8H3,(H2,32,33,34)/t23-,24-,25+,26+,27-,28-,30+,31+/m0/s1. The molecule has 0 radical (unpaired) electrons. The van der Waals surface area contributed by atoms with Gasteiger partial charge < -0.3 is 10.6 Å². The molecule has 4 saturated carbocycles. The smallest absolute Gasteiger partial charge is 0.315 e. The Labute approximate surface area is 210 Å². The molecule has 0 bridgehead atoms. The van der Waals surface area contributed by atoms with E-state index in [9.17, 15) is 4.79 Å². The van der Waals surface area contributed by atoms with E-state index in [1.54, 1.807) is 0 Å². The summed E-state index contributed by atoms with van der Waals surface area (Å²) in [5.41, 5.74) is 3.30. The zero-order valence-corrected chi connectivity index (χ0v) is 23.0. The van der Waals surface area contributed by atoms with Crippen molar-refractivity contribution in [3.05, 3.63) is 24.3 Å². The second kappa shape index (κ2) is 9.66. The van der Waals surface area contributed by atoms with E-state index in [1.165, 1.54) is 62.5 Å². The maximum atomic E-state index is 13.8. The predicted octanol–water partition coefficient (Wildman–Crippen LogP) is 7.88. The molecule has 2 N–H and O–H groups in total. The summed E-state index contributed by atoms with van der Waals surface area (Å²) in [5, 5.41) is 7.19. The SMILES string of the molecule is C=C1CCC[C@]2(C)CC[C@@H](C(C)C)[C@H](NC(=O)N[C@@H]3[C@H]4C(=C)CCC[C@]4(C)CC[C@H]3C(C)C)[C@@H]12. The van der Waals surface area contributed by atoms with Crippen LogP contribution in [0.5, 0.6) is 0 Å². The molecule has 3 nitrogen and oxygen atoms in total. The van der Waals surface area contributed by atoms with E-state index in [4.69, 9.17) is 0 Å². The number of carbonyl (C=O) groups is 1. The van der Waals surface area contributed by atoms with Crippen molar-refractivity contribution in [2.24, 2.45) is 46.3 Å². The quantitative estimate of drug-likeness (QED) is 0.405. The zero-order valence-electron chi connectivity index (χ0n) is 23.0. The molecule has 2 amide bonds. The van der Waals surface area contributed by atoms with Crippen molar-refractivity contribution in [3.63, 3.8) is 0 Å². The van der Waals surface area contributed by atoms with Crippen molar-refractivity contribution < 1.29 is 4.79 Å². The van der Waals surface area contributed by atoms with Crippen molar-refractivity contribution in [2.75, 3.05) is 0 Å². The molecular formula is C31H52N2O. The number of urea groups is 1. The van der Waals surface area contributed by atoms with Crippen molar-refractivity contribution in [2.45, 2.75) is 118 Å². The van der Waals surface area contributed by atoms with Crippen molar-refractivity contribution in [1.29, 1.82) is 0 Å². The summed E-state index contributed by atoms with van der Waals surface area (Å²) in [6.07, 6.45) is 12.2. The second-order valence-electron chi connectivity index (χ2n) is 13.8. The van der Waals surface area contributed by atoms with Crippen LogP contribution < -0.4 is 10.6 Å². The minimum absolute atomic E-state index is 0.0524. The first-order chi connectivity index (χ1) is 16.0. The first-order valence-corrected chi connectivity index (χ1v) is 14.4. The van der Waals surface area contributed by atoms with E-state index >= 15 is 0 Å². The Balaban J connectivity index is 1.58. The molecule has 0 spiro atoms. The molecule has 0 heterocycles. The van der Waals surface area contributed by atoms with Crippen molar-refractivity contribution in [1.82, 2.24) is 10.6 Å². The molecule has 0 aromatic heterocycles. The highest BCUT2D eigenvalue weighted by atomic mass is 16.2. The summed E-state index contributed by atoms with van der Waals surface area (Å²) >= 11 is 0. The number of carbonyl (C=O) groups excluding carboxylic acids is 1. The van der Waals surface area contributed by atoms with Gasteiger partial charge in [0.1, 0.15) is 0 Å². The average molecular weight is 469 g/mol. The molecule has 3 heteroatoms. The van der Waals surface area contributed by atoms with Gasteiger partial charge in [0.15, 0.2) is 0 Å². The Morgan fingerprint density at radius 2 is 1.15 bits per heavy atom. The highest BCUT2D eigenvalue weighted by molar-refractivity contribution is 5.75. The molecule has 0 aromatic rings. The summed E-state index contributed by atoms with van der Waals surface area (Å²) in [5.74, 6) is 2.94. The van der Waals surface area contributed by atoms with Gasteiger partial charge in [-0.15, -0.1) is 0 Å². The van der Waals surface area contributed by atoms with Crippen LogP contribution in [0.2, 0.25) is 0 Å². The van der Waals surface area contributed by atoms with Gasteiger partial charge >= 0.3 is 6.03 Å². The van der Waals surface area contributed by atoms with Gasteiger partial charge in [0.2, 0.25) is 0 Å². The Hall–Kier alpha value is -1.25. The summed E-state index contributed by atoms with van der Waals surface area (Å²) < 4.78 is 0. The first kappa shape index (κ1) is 25.8. The van der Waals surface area contributed by atoms with Gasteiger partial charge in [-0.05, 0) is 98.7 Å². The Kier molecular flexibility index (Phi) is 7.34. The Morgan fingerprint density at radius 3 is 1.50 bits per heavy atom. The third kappa shape index (κ3) is 4.62. The van der Waals surface area contributed by atoms with Crippen molar-refractivity contribution >= 4 is 6.03 Å². The van der Waals surface area contributed by atoms with Gasteiger partial charge in [0, 0.05) is 23.9 Å². The zero-order chi connectivity index (χ0) is 24.8. The van der Waals surface area contributed by atoms with Crippen LogP contribution in [-0.2, 0) is 0 Å². The fourth-order valence-electron chi connectivity index (χ4n) is 9.05. The van der Waals surface area contributed by atoms with Crippen LogP contribution in [0.25, 0.3) is 0 Å². The fourth-order valence-corrected chi connectivity index (χ4v) is 9.05. The van der Waals surface area contributed by atoms with Gasteiger partial charge in [-0.25, -0.2) is 4.79 Å². The van der Waals surface area contributed by atoms with Crippen LogP contribution in [-0.4, -0.2) is 18.1 Å². The highest BCUT2D eigenvalue weighted by Gasteiger charge is 2.52. The molecule has 4 aliphatic rings. The number of hydrogen-bond donors (Lipinski definition) is 2. The lowest BCUT2D eigenvalue weighted by Crippen LogP contribution is -2.62. The number of fused-ring (bicyclic) bond motifs is 2. The van der Waals surface area contributed by atoms with E-state index in [2.05, 4.69) is 65.3 Å². The van der Waals surface area contributed by atoms with Crippen LogP contribution in [0.1, 0.15) is 106 Å². The Morgan fingerprint density at radius 1 is 0.765 bits per heavy atom. The third-order valence-corrected chi connectivity index (χ3v) is 10.9. The number of nitrogens with one attached hydrogen (secondary N) is 2. The van der Waals surface area contributed by atoms with E-state index in [1.807, 2.05) is 0 Å². The predicted molar refractivity (Wildman–Crippen MR) is 144 cm³/mol. The van der Waals surface area contributed by atoms with Gasteiger partial charge in [0.05, 0.1) is 0 Å². The van der Waals surface area contributed by atoms with Crippen LogP contribution in [0, 0.1) is 46.3 Å². The lowest BCUT2D eigenvalue weighted by atomic mass is 9.53. The summed E-state index contributed by atoms with van der Waals surface area (Å²) in [6, 6.07) is 0.429. The molecule has 34 heavy (non-hydrogen) atoms. The minimum atomic E-state index is 0.0524. The van der Waals surface area contributed by atoms with Gasteiger partial charge in [-0.2, -0.15) is 0 Å². The van der Waals surface area contributed by atoms with Gasteiger partial charge in [-0.1, -0.05) is 65.8 Å². The molecule has 4 rings (SSSR count). The summed E-state index contributed by atoms with van der Waals surface area (Å²) in [6.45, 7) is 23.3. The van der Waals surface area contributed by atoms with Crippen molar-refractivity contribution in [3.8, 4) is 0 Å². The second-order valence-corrected chi connectivity index (χ2v) is 13.8. The fraction of sp³-hybridized carbons (Fsp3) is 0.839. The van der Waals surface area contributed by atoms with E-state index in [-0.39, 0.29) is 28.9 Å².